The van der Waals surface area contributed by atoms with E-state index >= 15 is 0 Å². The van der Waals surface area contributed by atoms with Crippen molar-refractivity contribution in [1.29, 1.82) is 0 Å². The fourth-order valence-corrected chi connectivity index (χ4v) is 1.82. The lowest BCUT2D eigenvalue weighted by Gasteiger charge is -2.22. The van der Waals surface area contributed by atoms with Gasteiger partial charge in [0.25, 0.3) is 0 Å². The average Bonchev–Trinajstić information content (AvgIpc) is 2.37. The first-order chi connectivity index (χ1) is 9.31. The third kappa shape index (κ3) is 4.57. The number of hydrogen-bond donors (Lipinski definition) is 2. The first-order valence-electron chi connectivity index (χ1n) is 6.65. The van der Waals surface area contributed by atoms with E-state index in [-0.39, 0.29) is 5.92 Å². The number of carbonyl (C=O) groups excluding carboxylic acids is 1. The zero-order valence-corrected chi connectivity index (χ0v) is 12.4. The minimum absolute atomic E-state index is 0.195. The quantitative estimate of drug-likeness (QED) is 0.870. The zero-order valence-electron chi connectivity index (χ0n) is 12.4. The number of aliphatic carboxylic acids is 1. The molecule has 0 aromatic heterocycles. The smallest absolute Gasteiger partial charge is 0.326 e. The molecule has 1 aromatic rings. The molecule has 0 unspecified atom stereocenters. The van der Waals surface area contributed by atoms with Crippen LogP contribution in [-0.4, -0.2) is 30.2 Å². The van der Waals surface area contributed by atoms with E-state index in [9.17, 15) is 9.59 Å². The number of anilines is 1. The lowest BCUT2D eigenvalue weighted by Crippen LogP contribution is -2.47. The molecular weight excluding hydrogens is 256 g/mol. The Kier molecular flexibility index (Phi) is 5.55. The normalized spacial score (nSPS) is 12.1. The number of amides is 2. The van der Waals surface area contributed by atoms with Gasteiger partial charge in [-0.25, -0.2) is 9.59 Å². The highest BCUT2D eigenvalue weighted by Gasteiger charge is 2.23. The van der Waals surface area contributed by atoms with Crippen molar-refractivity contribution in [2.24, 2.45) is 5.92 Å². The van der Waals surface area contributed by atoms with E-state index in [1.54, 1.807) is 7.05 Å². The zero-order chi connectivity index (χ0) is 15.3. The molecule has 0 radical (unpaired) electrons. The van der Waals surface area contributed by atoms with Crippen LogP contribution in [0.2, 0.25) is 0 Å². The molecule has 110 valence electrons. The number of carboxylic acids is 1. The summed E-state index contributed by atoms with van der Waals surface area (Å²) in [5.41, 5.74) is 1.83. The average molecular weight is 278 g/mol. The molecule has 0 aliphatic heterocycles. The Bertz CT molecular complexity index is 469. The maximum atomic E-state index is 12.1. The van der Waals surface area contributed by atoms with Gasteiger partial charge in [0.1, 0.15) is 6.04 Å². The van der Waals surface area contributed by atoms with Gasteiger partial charge >= 0.3 is 12.0 Å². The van der Waals surface area contributed by atoms with Crippen molar-refractivity contribution in [1.82, 2.24) is 5.32 Å². The van der Waals surface area contributed by atoms with Gasteiger partial charge in [-0.2, -0.15) is 0 Å². The van der Waals surface area contributed by atoms with E-state index in [0.717, 1.165) is 11.3 Å². The summed E-state index contributed by atoms with van der Waals surface area (Å²) >= 11 is 0. The number of hydrogen-bond acceptors (Lipinski definition) is 2. The number of carbonyl (C=O) groups is 2. The highest BCUT2D eigenvalue weighted by molar-refractivity contribution is 5.93. The Morgan fingerprint density at radius 2 is 1.80 bits per heavy atom. The van der Waals surface area contributed by atoms with Crippen LogP contribution in [0.3, 0.4) is 0 Å². The van der Waals surface area contributed by atoms with Crippen LogP contribution in [0.5, 0.6) is 0 Å². The number of benzene rings is 1. The molecule has 0 saturated carbocycles. The molecule has 0 spiro atoms. The maximum absolute atomic E-state index is 12.1. The number of nitrogens with zero attached hydrogens (tertiary/aromatic N) is 1. The number of carboxylic acid groups (broad SMARTS) is 1. The van der Waals surface area contributed by atoms with Crippen molar-refractivity contribution < 1.29 is 14.7 Å². The molecule has 1 aromatic carbocycles. The molecule has 5 nitrogen and oxygen atoms in total. The monoisotopic (exact) mass is 278 g/mol. The Morgan fingerprint density at radius 3 is 2.25 bits per heavy atom. The molecule has 0 fully saturated rings. The highest BCUT2D eigenvalue weighted by Crippen LogP contribution is 2.14. The van der Waals surface area contributed by atoms with Crippen LogP contribution in [0.1, 0.15) is 25.8 Å². The molecular formula is C15H22N2O3. The maximum Gasteiger partial charge on any atom is 0.326 e. The first-order valence-corrected chi connectivity index (χ1v) is 6.65. The van der Waals surface area contributed by atoms with E-state index in [0.29, 0.717) is 6.42 Å². The minimum atomic E-state index is -1.01. The predicted octanol–water partition coefficient (Wildman–Crippen LogP) is 2.64. The Hall–Kier alpha value is -2.04. The van der Waals surface area contributed by atoms with Crippen LogP contribution in [0.15, 0.2) is 24.3 Å². The van der Waals surface area contributed by atoms with Crippen LogP contribution < -0.4 is 10.2 Å². The minimum Gasteiger partial charge on any atom is -0.480 e. The lowest BCUT2D eigenvalue weighted by atomic mass is 10.0. The summed E-state index contributed by atoms with van der Waals surface area (Å²) in [7, 11) is 1.62. The fourth-order valence-electron chi connectivity index (χ4n) is 1.82. The summed E-state index contributed by atoms with van der Waals surface area (Å²) in [4.78, 5) is 24.6. The van der Waals surface area contributed by atoms with Crippen LogP contribution in [0.25, 0.3) is 0 Å². The van der Waals surface area contributed by atoms with E-state index in [1.165, 1.54) is 4.90 Å². The third-order valence-corrected chi connectivity index (χ3v) is 3.03. The largest absolute Gasteiger partial charge is 0.480 e. The van der Waals surface area contributed by atoms with Gasteiger partial charge in [-0.05, 0) is 31.4 Å². The van der Waals surface area contributed by atoms with E-state index in [2.05, 4.69) is 5.32 Å². The van der Waals surface area contributed by atoms with Crippen LogP contribution in [-0.2, 0) is 4.79 Å². The summed E-state index contributed by atoms with van der Waals surface area (Å²) in [6, 6.07) is 6.18. The Labute approximate surface area is 119 Å². The number of aryl methyl sites for hydroxylation is 1. The molecule has 1 rings (SSSR count). The SMILES string of the molecule is Cc1ccc(N(C)C(=O)N[C@H](CC(C)C)C(=O)O)cc1. The van der Waals surface area contributed by atoms with Gasteiger partial charge in [-0.15, -0.1) is 0 Å². The molecule has 5 heteroatoms. The van der Waals surface area contributed by atoms with Crippen molar-refractivity contribution in [2.75, 3.05) is 11.9 Å². The van der Waals surface area contributed by atoms with Crippen molar-refractivity contribution >= 4 is 17.7 Å². The van der Waals surface area contributed by atoms with Gasteiger partial charge in [0.05, 0.1) is 0 Å². The van der Waals surface area contributed by atoms with Crippen LogP contribution >= 0.6 is 0 Å². The Morgan fingerprint density at radius 1 is 1.25 bits per heavy atom. The van der Waals surface area contributed by atoms with Gasteiger partial charge < -0.3 is 10.4 Å². The Balaban J connectivity index is 2.73. The summed E-state index contributed by atoms with van der Waals surface area (Å²) in [5.74, 6) is -0.814. The highest BCUT2D eigenvalue weighted by atomic mass is 16.4. The van der Waals surface area contributed by atoms with Crippen molar-refractivity contribution in [3.05, 3.63) is 29.8 Å². The van der Waals surface area contributed by atoms with Crippen molar-refractivity contribution in [3.63, 3.8) is 0 Å². The number of urea groups is 1. The summed E-state index contributed by atoms with van der Waals surface area (Å²) < 4.78 is 0. The van der Waals surface area contributed by atoms with Gasteiger partial charge in [0.2, 0.25) is 0 Å². The molecule has 0 bridgehead atoms. The topological polar surface area (TPSA) is 69.6 Å². The molecule has 2 N–H and O–H groups in total. The molecule has 0 aliphatic rings. The molecule has 1 atom stereocenters. The predicted molar refractivity (Wildman–Crippen MR) is 79.0 cm³/mol. The second kappa shape index (κ2) is 6.93. The number of nitrogens with one attached hydrogen (secondary N) is 1. The van der Waals surface area contributed by atoms with Gasteiger partial charge in [0.15, 0.2) is 0 Å². The van der Waals surface area contributed by atoms with Crippen molar-refractivity contribution in [2.45, 2.75) is 33.2 Å². The van der Waals surface area contributed by atoms with E-state index in [4.69, 9.17) is 5.11 Å². The second-order valence-corrected chi connectivity index (χ2v) is 5.36. The molecule has 20 heavy (non-hydrogen) atoms. The summed E-state index contributed by atoms with van der Waals surface area (Å²) in [5, 5.41) is 11.7. The first kappa shape index (κ1) is 16.0. The van der Waals surface area contributed by atoms with Gasteiger partial charge in [-0.3, -0.25) is 4.90 Å². The lowest BCUT2D eigenvalue weighted by molar-refractivity contribution is -0.139. The standard InChI is InChI=1S/C15H22N2O3/c1-10(2)9-13(14(18)19)16-15(20)17(4)12-7-5-11(3)6-8-12/h5-8,10,13H,9H2,1-4H3,(H,16,20)(H,18,19)/t13-/m1/s1. The van der Waals surface area contributed by atoms with Crippen molar-refractivity contribution in [3.8, 4) is 0 Å². The van der Waals surface area contributed by atoms with Crippen LogP contribution in [0.4, 0.5) is 10.5 Å². The number of rotatable bonds is 5. The van der Waals surface area contributed by atoms with E-state index < -0.39 is 18.0 Å². The molecule has 0 saturated heterocycles. The second-order valence-electron chi connectivity index (χ2n) is 5.36. The fraction of sp³-hybridized carbons (Fsp3) is 0.467. The third-order valence-electron chi connectivity index (χ3n) is 3.03. The summed E-state index contributed by atoms with van der Waals surface area (Å²) in [6.07, 6.45) is 0.406. The van der Waals surface area contributed by atoms with E-state index in [1.807, 2.05) is 45.0 Å². The molecule has 0 heterocycles. The molecule has 2 amide bonds. The molecule has 0 aliphatic carbocycles. The summed E-state index contributed by atoms with van der Waals surface area (Å²) in [6.45, 7) is 5.81. The van der Waals surface area contributed by atoms with Gasteiger partial charge in [-0.1, -0.05) is 31.5 Å². The van der Waals surface area contributed by atoms with Crippen LogP contribution in [0, 0.1) is 12.8 Å². The van der Waals surface area contributed by atoms with Gasteiger partial charge in [0, 0.05) is 12.7 Å².